The molecule has 1 atom stereocenters. The molecule has 9 heteroatoms. The molecule has 0 fully saturated rings. The number of benzene rings is 2. The van der Waals surface area contributed by atoms with Crippen LogP contribution in [-0.4, -0.2) is 47.0 Å². The summed E-state index contributed by atoms with van der Waals surface area (Å²) < 4.78 is 0. The molecule has 32 heavy (non-hydrogen) atoms. The maximum atomic E-state index is 13.0. The molecule has 1 unspecified atom stereocenters. The Balaban J connectivity index is 2.41. The van der Waals surface area contributed by atoms with Gasteiger partial charge in [0, 0.05) is 29.1 Å². The lowest BCUT2D eigenvalue weighted by atomic mass is 10.0. The Bertz CT molecular complexity index is 915. The summed E-state index contributed by atoms with van der Waals surface area (Å²) in [4.78, 5) is 27.4. The standard InChI is InChI=1S/C23H28N6O3/c1-17(2)16-20(22(30)31)26-23(32)29(15-9-14-25-28-24)27-21(18-10-5-3-6-11-18)19-12-7-4-8-13-19/h3-8,10-13,17,20H,9,14-16H2,1-2H3,(H,26,32)(H,30,31). The number of carboxylic acids is 1. The minimum atomic E-state index is -1.10. The van der Waals surface area contributed by atoms with Crippen LogP contribution in [-0.2, 0) is 4.79 Å². The Hall–Kier alpha value is -3.84. The van der Waals surface area contributed by atoms with Crippen molar-refractivity contribution in [1.82, 2.24) is 10.3 Å². The topological polar surface area (TPSA) is 131 Å². The van der Waals surface area contributed by atoms with Crippen molar-refractivity contribution in [3.63, 3.8) is 0 Å². The lowest BCUT2D eigenvalue weighted by Crippen LogP contribution is -2.47. The van der Waals surface area contributed by atoms with Crippen LogP contribution in [0.1, 0.15) is 37.8 Å². The largest absolute Gasteiger partial charge is 0.480 e. The molecule has 2 N–H and O–H groups in total. The van der Waals surface area contributed by atoms with Crippen molar-refractivity contribution in [2.24, 2.45) is 16.1 Å². The lowest BCUT2D eigenvalue weighted by molar-refractivity contribution is -0.139. The van der Waals surface area contributed by atoms with Gasteiger partial charge in [0.2, 0.25) is 0 Å². The fraction of sp³-hybridized carbons (Fsp3) is 0.348. The molecule has 0 bridgehead atoms. The van der Waals surface area contributed by atoms with Crippen LogP contribution in [0.2, 0.25) is 0 Å². The van der Waals surface area contributed by atoms with E-state index >= 15 is 0 Å². The number of hydrazone groups is 1. The highest BCUT2D eigenvalue weighted by molar-refractivity contribution is 6.13. The molecule has 0 aliphatic rings. The molecule has 2 aromatic rings. The van der Waals surface area contributed by atoms with Gasteiger partial charge >= 0.3 is 12.0 Å². The van der Waals surface area contributed by atoms with Crippen molar-refractivity contribution < 1.29 is 14.7 Å². The third-order valence-corrected chi connectivity index (χ3v) is 4.54. The molecule has 0 radical (unpaired) electrons. The van der Waals surface area contributed by atoms with Crippen LogP contribution in [0.25, 0.3) is 10.4 Å². The minimum absolute atomic E-state index is 0.0857. The first kappa shape index (κ1) is 24.4. The number of carbonyl (C=O) groups is 2. The Morgan fingerprint density at radius 3 is 2.09 bits per heavy atom. The number of aliphatic carboxylic acids is 1. The highest BCUT2D eigenvalue weighted by Crippen LogP contribution is 2.13. The molecule has 2 rings (SSSR count). The number of nitrogens with one attached hydrogen (secondary N) is 1. The van der Waals surface area contributed by atoms with Gasteiger partial charge in [0.1, 0.15) is 6.04 Å². The molecule has 2 aromatic carbocycles. The van der Waals surface area contributed by atoms with E-state index < -0.39 is 18.0 Å². The second-order valence-electron chi connectivity index (χ2n) is 7.58. The van der Waals surface area contributed by atoms with E-state index in [9.17, 15) is 14.7 Å². The van der Waals surface area contributed by atoms with E-state index in [0.717, 1.165) is 11.1 Å². The first-order chi connectivity index (χ1) is 15.4. The first-order valence-electron chi connectivity index (χ1n) is 10.4. The fourth-order valence-electron chi connectivity index (χ4n) is 3.04. The highest BCUT2D eigenvalue weighted by atomic mass is 16.4. The monoisotopic (exact) mass is 436 g/mol. The van der Waals surface area contributed by atoms with Gasteiger partial charge in [-0.3, -0.25) is 0 Å². The minimum Gasteiger partial charge on any atom is -0.480 e. The maximum absolute atomic E-state index is 13.0. The number of amides is 2. The predicted molar refractivity (Wildman–Crippen MR) is 123 cm³/mol. The van der Waals surface area contributed by atoms with E-state index in [-0.39, 0.29) is 19.0 Å². The Labute approximate surface area is 187 Å². The highest BCUT2D eigenvalue weighted by Gasteiger charge is 2.24. The summed E-state index contributed by atoms with van der Waals surface area (Å²) in [7, 11) is 0. The summed E-state index contributed by atoms with van der Waals surface area (Å²) in [6.07, 6.45) is 0.668. The summed E-state index contributed by atoms with van der Waals surface area (Å²) in [5.74, 6) is -1.01. The second-order valence-corrected chi connectivity index (χ2v) is 7.58. The van der Waals surface area contributed by atoms with Crippen LogP contribution in [0.4, 0.5) is 4.79 Å². The molecule has 168 valence electrons. The number of carboxylic acid groups (broad SMARTS) is 1. The summed E-state index contributed by atoms with van der Waals surface area (Å²) in [6, 6.07) is 17.2. The molecule has 0 aromatic heterocycles. The van der Waals surface area contributed by atoms with Crippen molar-refractivity contribution in [3.05, 3.63) is 82.2 Å². The summed E-state index contributed by atoms with van der Waals surface area (Å²) >= 11 is 0. The fourth-order valence-corrected chi connectivity index (χ4v) is 3.04. The number of hydrogen-bond acceptors (Lipinski definition) is 4. The molecule has 9 nitrogen and oxygen atoms in total. The van der Waals surface area contributed by atoms with Gasteiger partial charge in [-0.1, -0.05) is 79.6 Å². The normalized spacial score (nSPS) is 11.2. The number of carbonyl (C=O) groups excluding carboxylic acids is 1. The van der Waals surface area contributed by atoms with E-state index in [1.165, 1.54) is 5.01 Å². The average Bonchev–Trinajstić information content (AvgIpc) is 2.79. The van der Waals surface area contributed by atoms with Crippen molar-refractivity contribution in [1.29, 1.82) is 0 Å². The van der Waals surface area contributed by atoms with Gasteiger partial charge in [-0.15, -0.1) is 0 Å². The number of rotatable bonds is 11. The lowest BCUT2D eigenvalue weighted by Gasteiger charge is -2.23. The van der Waals surface area contributed by atoms with Gasteiger partial charge in [0.05, 0.1) is 5.71 Å². The van der Waals surface area contributed by atoms with Crippen LogP contribution in [0, 0.1) is 5.92 Å². The quantitative estimate of drug-likeness (QED) is 0.133. The molecule has 0 spiro atoms. The van der Waals surface area contributed by atoms with Gasteiger partial charge in [0.15, 0.2) is 0 Å². The summed E-state index contributed by atoms with van der Waals surface area (Å²) in [5, 5.41) is 21.4. The zero-order valence-electron chi connectivity index (χ0n) is 18.3. The van der Waals surface area contributed by atoms with Crippen molar-refractivity contribution in [2.45, 2.75) is 32.7 Å². The number of hydrogen-bond donors (Lipinski definition) is 2. The predicted octanol–water partition coefficient (Wildman–Crippen LogP) is 4.65. The molecule has 2 amide bonds. The van der Waals surface area contributed by atoms with Crippen molar-refractivity contribution in [2.75, 3.05) is 13.1 Å². The number of nitrogens with zero attached hydrogens (tertiary/aromatic N) is 5. The van der Waals surface area contributed by atoms with Crippen molar-refractivity contribution >= 4 is 17.7 Å². The van der Waals surface area contributed by atoms with E-state index in [2.05, 4.69) is 20.4 Å². The molecule has 0 saturated carbocycles. The molecule has 0 saturated heterocycles. The van der Waals surface area contributed by atoms with E-state index in [0.29, 0.717) is 18.6 Å². The molecular weight excluding hydrogens is 408 g/mol. The SMILES string of the molecule is CC(C)CC(NC(=O)N(CCCN=[N+]=[N-])N=C(c1ccccc1)c1ccccc1)C(=O)O. The smallest absolute Gasteiger partial charge is 0.338 e. The van der Waals surface area contributed by atoms with Crippen LogP contribution in [0.5, 0.6) is 0 Å². The summed E-state index contributed by atoms with van der Waals surface area (Å²) in [6.45, 7) is 4.12. The molecular formula is C23H28N6O3. The van der Waals surface area contributed by atoms with E-state index in [1.807, 2.05) is 74.5 Å². The Morgan fingerprint density at radius 1 is 1.06 bits per heavy atom. The maximum Gasteiger partial charge on any atom is 0.338 e. The Morgan fingerprint density at radius 2 is 1.62 bits per heavy atom. The van der Waals surface area contributed by atoms with Crippen LogP contribution >= 0.6 is 0 Å². The number of urea groups is 1. The third kappa shape index (κ3) is 7.77. The van der Waals surface area contributed by atoms with E-state index in [4.69, 9.17) is 5.53 Å². The Kier molecular flexibility index (Phi) is 9.74. The van der Waals surface area contributed by atoms with Gasteiger partial charge < -0.3 is 10.4 Å². The van der Waals surface area contributed by atoms with Crippen LogP contribution in [0.15, 0.2) is 70.9 Å². The average molecular weight is 437 g/mol. The van der Waals surface area contributed by atoms with Gasteiger partial charge in [-0.2, -0.15) is 5.10 Å². The van der Waals surface area contributed by atoms with Gasteiger partial charge in [-0.25, -0.2) is 14.6 Å². The van der Waals surface area contributed by atoms with Crippen LogP contribution < -0.4 is 5.32 Å². The van der Waals surface area contributed by atoms with Gasteiger partial charge in [0.25, 0.3) is 0 Å². The van der Waals surface area contributed by atoms with Gasteiger partial charge in [-0.05, 0) is 24.3 Å². The molecule has 0 heterocycles. The molecule has 0 aliphatic heterocycles. The number of azide groups is 1. The third-order valence-electron chi connectivity index (χ3n) is 4.54. The zero-order chi connectivity index (χ0) is 23.3. The summed E-state index contributed by atoms with van der Waals surface area (Å²) in [5.41, 5.74) is 10.7. The zero-order valence-corrected chi connectivity index (χ0v) is 18.3. The van der Waals surface area contributed by atoms with E-state index in [1.54, 1.807) is 0 Å². The molecule has 0 aliphatic carbocycles. The first-order valence-corrected chi connectivity index (χ1v) is 10.4. The van der Waals surface area contributed by atoms with Crippen LogP contribution in [0.3, 0.4) is 0 Å². The van der Waals surface area contributed by atoms with Crippen molar-refractivity contribution in [3.8, 4) is 0 Å². The second kappa shape index (κ2) is 12.8.